The third-order valence-corrected chi connectivity index (χ3v) is 3.26. The largest absolute Gasteiger partial charge is 0.336 e. The van der Waals surface area contributed by atoms with Crippen LogP contribution in [0, 0.1) is 0 Å². The van der Waals surface area contributed by atoms with Gasteiger partial charge in [0.05, 0.1) is 12.6 Å². The van der Waals surface area contributed by atoms with Gasteiger partial charge in [-0.25, -0.2) is 5.10 Å². The number of hydrogen-bond acceptors (Lipinski definition) is 3. The van der Waals surface area contributed by atoms with Crippen LogP contribution < -0.4 is 10.1 Å². The van der Waals surface area contributed by atoms with Gasteiger partial charge in [0.15, 0.2) is 6.21 Å². The van der Waals surface area contributed by atoms with E-state index in [0.717, 1.165) is 5.69 Å². The monoisotopic (exact) mass is 291 g/mol. The highest BCUT2D eigenvalue weighted by Gasteiger charge is 2.16. The summed E-state index contributed by atoms with van der Waals surface area (Å²) in [6.45, 7) is 0. The third kappa shape index (κ3) is 3.15. The Hall–Kier alpha value is -3.08. The van der Waals surface area contributed by atoms with E-state index in [-0.39, 0.29) is 5.56 Å². The molecule has 0 saturated carbocycles. The Balaban J connectivity index is 2.04. The smallest absolute Gasteiger partial charge is 0.264 e. The Morgan fingerprint density at radius 1 is 1.00 bits per heavy atom. The fraction of sp³-hybridized carbons (Fsp3) is 0.0588. The normalized spacial score (nSPS) is 11.4. The summed E-state index contributed by atoms with van der Waals surface area (Å²) in [5.41, 5.74) is 2.34. The number of aromatic amines is 1. The molecule has 0 radical (unpaired) electrons. The molecule has 2 heterocycles. The lowest BCUT2D eigenvalue weighted by atomic mass is 10.2. The molecule has 0 aliphatic carbocycles. The van der Waals surface area contributed by atoms with Crippen molar-refractivity contribution in [3.05, 3.63) is 83.0 Å². The van der Waals surface area contributed by atoms with Crippen LogP contribution in [0.2, 0.25) is 0 Å². The van der Waals surface area contributed by atoms with Crippen LogP contribution >= 0.6 is 0 Å². The zero-order chi connectivity index (χ0) is 15.2. The standard InChI is InChI=1S/C17H14N4O/c22-17-16(8-12-19-20-17)21(15-6-10-18-11-7-15)13-9-14-4-2-1-3-5-14/h1-8,10-13H,9H2/p+1. The maximum absolute atomic E-state index is 12.0. The van der Waals surface area contributed by atoms with E-state index in [2.05, 4.69) is 27.3 Å². The van der Waals surface area contributed by atoms with Gasteiger partial charge >= 0.3 is 5.56 Å². The Bertz CT molecular complexity index is 826. The van der Waals surface area contributed by atoms with Crippen molar-refractivity contribution in [3.63, 3.8) is 0 Å². The molecule has 5 heteroatoms. The van der Waals surface area contributed by atoms with Crippen molar-refractivity contribution in [1.82, 2.24) is 19.8 Å². The van der Waals surface area contributed by atoms with E-state index >= 15 is 0 Å². The predicted molar refractivity (Wildman–Crippen MR) is 86.8 cm³/mol. The summed E-state index contributed by atoms with van der Waals surface area (Å²) in [7, 11) is 0. The van der Waals surface area contributed by atoms with Gasteiger partial charge in [-0.05, 0) is 5.56 Å². The second kappa shape index (κ2) is 6.58. The summed E-state index contributed by atoms with van der Waals surface area (Å²) in [5, 5.41) is 6.21. The molecule has 3 aromatic rings. The number of nitrogens with zero attached hydrogens (tertiary/aromatic N) is 3. The van der Waals surface area contributed by atoms with E-state index in [1.165, 1.54) is 5.56 Å². The van der Waals surface area contributed by atoms with E-state index in [4.69, 9.17) is 0 Å². The molecule has 0 atom stereocenters. The maximum Gasteiger partial charge on any atom is 0.336 e. The average Bonchev–Trinajstić information content (AvgIpc) is 2.58. The minimum Gasteiger partial charge on any atom is -0.264 e. The van der Waals surface area contributed by atoms with Crippen LogP contribution in [0.4, 0.5) is 11.4 Å². The second-order valence-electron chi connectivity index (χ2n) is 4.72. The number of nitrogens with one attached hydrogen (secondary N) is 1. The molecule has 108 valence electrons. The van der Waals surface area contributed by atoms with Gasteiger partial charge in [-0.15, -0.1) is 0 Å². The molecule has 0 aliphatic heterocycles. The van der Waals surface area contributed by atoms with Crippen LogP contribution in [0.1, 0.15) is 5.56 Å². The molecule has 22 heavy (non-hydrogen) atoms. The molecule has 0 saturated heterocycles. The Labute approximate surface area is 127 Å². The molecule has 3 rings (SSSR count). The zero-order valence-electron chi connectivity index (χ0n) is 11.9. The van der Waals surface area contributed by atoms with Crippen molar-refractivity contribution in [2.75, 3.05) is 0 Å². The van der Waals surface area contributed by atoms with Crippen LogP contribution in [0.3, 0.4) is 0 Å². The van der Waals surface area contributed by atoms with Crippen molar-refractivity contribution >= 4 is 17.6 Å². The van der Waals surface area contributed by atoms with Gasteiger partial charge in [0, 0.05) is 30.6 Å². The van der Waals surface area contributed by atoms with Crippen LogP contribution in [-0.4, -0.2) is 21.4 Å². The van der Waals surface area contributed by atoms with Crippen LogP contribution in [0.25, 0.3) is 0 Å². The quantitative estimate of drug-likeness (QED) is 0.592. The number of aromatic nitrogens is 3. The molecular weight excluding hydrogens is 276 g/mol. The maximum atomic E-state index is 12.0. The molecule has 0 bridgehead atoms. The first-order valence-corrected chi connectivity index (χ1v) is 6.95. The average molecular weight is 291 g/mol. The fourth-order valence-electron chi connectivity index (χ4n) is 2.18. The van der Waals surface area contributed by atoms with Crippen molar-refractivity contribution < 1.29 is 0 Å². The summed E-state index contributed by atoms with van der Waals surface area (Å²) >= 11 is 0. The summed E-state index contributed by atoms with van der Waals surface area (Å²) < 4.78 is 1.86. The van der Waals surface area contributed by atoms with Gasteiger partial charge in [0.25, 0.3) is 5.69 Å². The Morgan fingerprint density at radius 3 is 2.50 bits per heavy atom. The molecule has 2 aromatic heterocycles. The van der Waals surface area contributed by atoms with Gasteiger partial charge in [-0.1, -0.05) is 30.3 Å². The summed E-state index contributed by atoms with van der Waals surface area (Å²) in [6, 6.07) is 15.5. The summed E-state index contributed by atoms with van der Waals surface area (Å²) in [6.07, 6.45) is 7.67. The molecule has 1 N–H and O–H groups in total. The van der Waals surface area contributed by atoms with E-state index < -0.39 is 0 Å². The number of benzene rings is 1. The number of H-pyrrole nitrogens is 1. The third-order valence-electron chi connectivity index (χ3n) is 3.26. The lowest BCUT2D eigenvalue weighted by Crippen LogP contribution is -2.18. The summed E-state index contributed by atoms with van der Waals surface area (Å²) in [4.78, 5) is 16.1. The Kier molecular flexibility index (Phi) is 4.15. The van der Waals surface area contributed by atoms with Crippen LogP contribution in [0.15, 0.2) is 71.9 Å². The number of hydrogen-bond donors (Lipinski definition) is 1. The molecule has 0 fully saturated rings. The van der Waals surface area contributed by atoms with E-state index in [9.17, 15) is 4.79 Å². The highest BCUT2D eigenvalue weighted by atomic mass is 16.1. The van der Waals surface area contributed by atoms with Crippen LogP contribution in [-0.2, 0) is 6.42 Å². The molecule has 1 aromatic carbocycles. The van der Waals surface area contributed by atoms with Gasteiger partial charge in [0.2, 0.25) is 5.69 Å². The van der Waals surface area contributed by atoms with E-state index in [1.54, 1.807) is 24.7 Å². The summed E-state index contributed by atoms with van der Waals surface area (Å²) in [5.74, 6) is 0. The van der Waals surface area contributed by atoms with Crippen molar-refractivity contribution in [1.29, 1.82) is 0 Å². The predicted octanol–water partition coefficient (Wildman–Crippen LogP) is 2.31. The molecule has 0 amide bonds. The van der Waals surface area contributed by atoms with Crippen molar-refractivity contribution in [2.45, 2.75) is 6.42 Å². The van der Waals surface area contributed by atoms with Gasteiger partial charge < -0.3 is 0 Å². The first-order chi connectivity index (χ1) is 10.8. The number of rotatable bonds is 4. The molecule has 0 unspecified atom stereocenters. The Morgan fingerprint density at radius 2 is 1.77 bits per heavy atom. The first kappa shape index (κ1) is 13.9. The van der Waals surface area contributed by atoms with Crippen molar-refractivity contribution in [3.8, 4) is 0 Å². The van der Waals surface area contributed by atoms with Gasteiger partial charge in [-0.2, -0.15) is 9.67 Å². The van der Waals surface area contributed by atoms with E-state index in [0.29, 0.717) is 12.1 Å². The minimum atomic E-state index is -0.233. The lowest BCUT2D eigenvalue weighted by Gasteiger charge is -2.01. The molecule has 0 spiro atoms. The first-order valence-electron chi connectivity index (χ1n) is 6.95. The second-order valence-corrected chi connectivity index (χ2v) is 4.72. The fourth-order valence-corrected chi connectivity index (χ4v) is 2.18. The molecule has 0 aliphatic rings. The SMILES string of the molecule is O=c1[nH]nccc1[N+](=CCc1ccccc1)c1ccncc1. The van der Waals surface area contributed by atoms with Gasteiger partial charge in [-0.3, -0.25) is 9.78 Å². The van der Waals surface area contributed by atoms with Gasteiger partial charge in [0.1, 0.15) is 0 Å². The van der Waals surface area contributed by atoms with Crippen LogP contribution in [0.5, 0.6) is 0 Å². The highest BCUT2D eigenvalue weighted by molar-refractivity contribution is 5.72. The lowest BCUT2D eigenvalue weighted by molar-refractivity contribution is 0.942. The number of pyridine rings is 1. The minimum absolute atomic E-state index is 0.233. The molecular formula is C17H15N4O+. The highest BCUT2D eigenvalue weighted by Crippen LogP contribution is 2.15. The topological polar surface area (TPSA) is 61.6 Å². The molecule has 5 nitrogen and oxygen atoms in total. The van der Waals surface area contributed by atoms with E-state index in [1.807, 2.05) is 41.1 Å². The zero-order valence-corrected chi connectivity index (χ0v) is 11.9. The van der Waals surface area contributed by atoms with Crippen molar-refractivity contribution in [2.24, 2.45) is 0 Å².